The molecule has 0 spiro atoms. The zero-order valence-electron chi connectivity index (χ0n) is 17.8. The van der Waals surface area contributed by atoms with Crippen molar-refractivity contribution in [3.05, 3.63) is 70.2 Å². The van der Waals surface area contributed by atoms with Crippen LogP contribution in [0.3, 0.4) is 0 Å². The van der Waals surface area contributed by atoms with Crippen LogP contribution in [-0.4, -0.2) is 62.5 Å². The second-order valence-electron chi connectivity index (χ2n) is 8.52. The number of ether oxygens (including phenoxy) is 1. The first-order chi connectivity index (χ1) is 15.3. The van der Waals surface area contributed by atoms with Crippen molar-refractivity contribution in [3.63, 3.8) is 0 Å². The number of hydrogen-bond donors (Lipinski definition) is 1. The van der Waals surface area contributed by atoms with E-state index in [0.29, 0.717) is 11.8 Å². The largest absolute Gasteiger partial charge is 0.379 e. The summed E-state index contributed by atoms with van der Waals surface area (Å²) in [7, 11) is 0. The zero-order chi connectivity index (χ0) is 21.0. The minimum atomic E-state index is 0.356. The van der Waals surface area contributed by atoms with E-state index in [-0.39, 0.29) is 0 Å². The summed E-state index contributed by atoms with van der Waals surface area (Å²) in [6.07, 6.45) is 2.12. The van der Waals surface area contributed by atoms with E-state index >= 15 is 0 Å². The highest BCUT2D eigenvalue weighted by Gasteiger charge is 2.34. The maximum Gasteiger partial charge on any atom is 0.218 e. The van der Waals surface area contributed by atoms with Crippen LogP contribution in [0.25, 0.3) is 0 Å². The van der Waals surface area contributed by atoms with Crippen molar-refractivity contribution in [1.29, 1.82) is 0 Å². The van der Waals surface area contributed by atoms with Gasteiger partial charge in [0, 0.05) is 42.1 Å². The van der Waals surface area contributed by atoms with Crippen molar-refractivity contribution in [1.82, 2.24) is 10.2 Å². The number of rotatable bonds is 5. The van der Waals surface area contributed by atoms with E-state index in [2.05, 4.69) is 46.6 Å². The summed E-state index contributed by atoms with van der Waals surface area (Å²) in [5.74, 6) is 1.50. The molecule has 31 heavy (non-hydrogen) atoms. The molecule has 3 aliphatic rings. The fourth-order valence-electron chi connectivity index (χ4n) is 4.87. The smallest absolute Gasteiger partial charge is 0.218 e. The van der Waals surface area contributed by atoms with Gasteiger partial charge >= 0.3 is 0 Å². The topological polar surface area (TPSA) is 49.2 Å². The second-order valence-corrected chi connectivity index (χ2v) is 8.96. The van der Waals surface area contributed by atoms with Crippen molar-refractivity contribution in [3.8, 4) is 0 Å². The summed E-state index contributed by atoms with van der Waals surface area (Å²) in [4.78, 5) is 12.2. The molecule has 1 N–H and O–H groups in total. The number of morpholine rings is 1. The van der Waals surface area contributed by atoms with E-state index in [0.717, 1.165) is 69.8 Å². The Morgan fingerprint density at radius 3 is 2.71 bits per heavy atom. The van der Waals surface area contributed by atoms with Crippen LogP contribution in [0.15, 0.2) is 58.5 Å². The third-order valence-corrected chi connectivity index (χ3v) is 6.77. The van der Waals surface area contributed by atoms with Crippen LogP contribution in [-0.2, 0) is 4.74 Å². The van der Waals surface area contributed by atoms with Crippen LogP contribution in [0.4, 0.5) is 0 Å². The van der Waals surface area contributed by atoms with E-state index in [1.807, 2.05) is 12.1 Å². The molecule has 1 saturated heterocycles. The molecule has 2 aromatic rings. The normalized spacial score (nSPS) is 23.4. The minimum Gasteiger partial charge on any atom is -0.379 e. The molecule has 162 valence electrons. The van der Waals surface area contributed by atoms with E-state index in [4.69, 9.17) is 26.3 Å². The summed E-state index contributed by atoms with van der Waals surface area (Å²) in [6.45, 7) is 6.56. The molecule has 0 radical (unpaired) electrons. The van der Waals surface area contributed by atoms with Gasteiger partial charge in [-0.2, -0.15) is 0 Å². The third-order valence-electron chi connectivity index (χ3n) is 6.52. The lowest BCUT2D eigenvalue weighted by Gasteiger charge is -2.34. The van der Waals surface area contributed by atoms with Crippen LogP contribution in [0.5, 0.6) is 0 Å². The molecule has 0 amide bonds. The Morgan fingerprint density at radius 2 is 1.87 bits per heavy atom. The first-order valence-corrected chi connectivity index (χ1v) is 11.7. The first kappa shape index (κ1) is 20.7. The Balaban J connectivity index is 1.28. The average molecular weight is 437 g/mol. The molecule has 0 aromatic heterocycles. The summed E-state index contributed by atoms with van der Waals surface area (Å²) in [6, 6.07) is 17.0. The highest BCUT2D eigenvalue weighted by atomic mass is 35.5. The Kier molecular flexibility index (Phi) is 6.35. The van der Waals surface area contributed by atoms with Crippen molar-refractivity contribution in [2.75, 3.05) is 45.9 Å². The number of guanidine groups is 1. The van der Waals surface area contributed by atoms with Gasteiger partial charge in [-0.15, -0.1) is 0 Å². The lowest BCUT2D eigenvalue weighted by molar-refractivity contribution is 0.0376. The van der Waals surface area contributed by atoms with Crippen LogP contribution in [0, 0.1) is 5.92 Å². The maximum absolute atomic E-state index is 6.12. The highest BCUT2D eigenvalue weighted by molar-refractivity contribution is 6.30. The number of benzene rings is 2. The average Bonchev–Trinajstić information content (AvgIpc) is 2.83. The van der Waals surface area contributed by atoms with Gasteiger partial charge in [0.2, 0.25) is 5.96 Å². The summed E-state index contributed by atoms with van der Waals surface area (Å²) < 4.78 is 5.42. The SMILES string of the molecule is Clc1ccc(C2CC3CN=C(NCCCN4CCOCC4)N=C3c3ccccc32)cc1. The van der Waals surface area contributed by atoms with E-state index < -0.39 is 0 Å². The van der Waals surface area contributed by atoms with Crippen molar-refractivity contribution in [2.24, 2.45) is 15.9 Å². The molecule has 2 aliphatic heterocycles. The lowest BCUT2D eigenvalue weighted by Crippen LogP contribution is -2.39. The van der Waals surface area contributed by atoms with Gasteiger partial charge in [-0.05, 0) is 42.6 Å². The van der Waals surface area contributed by atoms with Gasteiger partial charge in [0.25, 0.3) is 0 Å². The number of nitrogens with zero attached hydrogens (tertiary/aromatic N) is 3. The lowest BCUT2D eigenvalue weighted by atomic mass is 9.72. The molecule has 6 heteroatoms. The molecule has 1 fully saturated rings. The van der Waals surface area contributed by atoms with E-state index in [1.54, 1.807) is 0 Å². The van der Waals surface area contributed by atoms with Gasteiger partial charge in [-0.3, -0.25) is 9.89 Å². The number of aliphatic imine (C=N–C) groups is 2. The highest BCUT2D eigenvalue weighted by Crippen LogP contribution is 2.40. The predicted molar refractivity (Wildman–Crippen MR) is 127 cm³/mol. The van der Waals surface area contributed by atoms with E-state index in [1.165, 1.54) is 22.4 Å². The molecular weight excluding hydrogens is 408 g/mol. The fraction of sp³-hybridized carbons (Fsp3) is 0.440. The maximum atomic E-state index is 6.12. The molecule has 0 saturated carbocycles. The van der Waals surface area contributed by atoms with Crippen molar-refractivity contribution < 1.29 is 4.74 Å². The second kappa shape index (κ2) is 9.51. The molecule has 2 atom stereocenters. The minimum absolute atomic E-state index is 0.356. The monoisotopic (exact) mass is 436 g/mol. The van der Waals surface area contributed by atoms with Crippen LogP contribution in [0.1, 0.15) is 35.4 Å². The third kappa shape index (κ3) is 4.69. The Morgan fingerprint density at radius 1 is 1.06 bits per heavy atom. The molecular formula is C25H29ClN4O. The van der Waals surface area contributed by atoms with Gasteiger partial charge in [0.15, 0.2) is 0 Å². The predicted octanol–water partition coefficient (Wildman–Crippen LogP) is 3.96. The first-order valence-electron chi connectivity index (χ1n) is 11.3. The molecule has 2 heterocycles. The summed E-state index contributed by atoms with van der Waals surface area (Å²) in [5.41, 5.74) is 5.12. The number of halogens is 1. The van der Waals surface area contributed by atoms with Crippen LogP contribution in [0.2, 0.25) is 5.02 Å². The Labute approximate surface area is 189 Å². The van der Waals surface area contributed by atoms with Gasteiger partial charge in [-0.1, -0.05) is 48.0 Å². The number of hydrogen-bond acceptors (Lipinski definition) is 5. The number of nitrogens with one attached hydrogen (secondary N) is 1. The number of fused-ring (bicyclic) bond motifs is 3. The Hall–Kier alpha value is -2.21. The molecule has 0 bridgehead atoms. The molecule has 2 aromatic carbocycles. The molecule has 2 unspecified atom stereocenters. The van der Waals surface area contributed by atoms with Crippen LogP contribution >= 0.6 is 11.6 Å². The van der Waals surface area contributed by atoms with Crippen molar-refractivity contribution in [2.45, 2.75) is 18.8 Å². The van der Waals surface area contributed by atoms with Gasteiger partial charge in [-0.25, -0.2) is 4.99 Å². The summed E-state index contributed by atoms with van der Waals surface area (Å²) in [5, 5.41) is 4.24. The van der Waals surface area contributed by atoms with Crippen molar-refractivity contribution >= 4 is 23.3 Å². The van der Waals surface area contributed by atoms with Gasteiger partial charge in [0.1, 0.15) is 0 Å². The quantitative estimate of drug-likeness (QED) is 0.721. The van der Waals surface area contributed by atoms with Gasteiger partial charge < -0.3 is 10.1 Å². The molecule has 1 aliphatic carbocycles. The van der Waals surface area contributed by atoms with Gasteiger partial charge in [0.05, 0.1) is 25.5 Å². The standard InChI is InChI=1S/C25H29ClN4O/c26-20-8-6-18(7-9-20)23-16-19-17-28-25(27-10-3-11-30-12-14-31-15-13-30)29-24(19)22-5-2-1-4-21(22)23/h1-2,4-9,19,23H,3,10-17H2,(H,27,28). The Bertz CT molecular complexity index is 966. The summed E-state index contributed by atoms with van der Waals surface area (Å²) >= 11 is 6.12. The van der Waals surface area contributed by atoms with Crippen LogP contribution < -0.4 is 5.32 Å². The van der Waals surface area contributed by atoms with E-state index in [9.17, 15) is 0 Å². The zero-order valence-corrected chi connectivity index (χ0v) is 18.5. The molecule has 5 nitrogen and oxygen atoms in total. The fourth-order valence-corrected chi connectivity index (χ4v) is 5.00. The molecule has 5 rings (SSSR count).